The van der Waals surface area contributed by atoms with Gasteiger partial charge in [-0.2, -0.15) is 0 Å². The molecule has 0 unspecified atom stereocenters. The van der Waals surface area contributed by atoms with E-state index in [0.717, 1.165) is 19.6 Å². The predicted molar refractivity (Wildman–Crippen MR) is 86.8 cm³/mol. The predicted octanol–water partition coefficient (Wildman–Crippen LogP) is 2.31. The number of hydrogen-bond donors (Lipinski definition) is 1. The Hall–Kier alpha value is -1.75. The first-order chi connectivity index (χ1) is 10.7. The van der Waals surface area contributed by atoms with Gasteiger partial charge in [0, 0.05) is 18.7 Å². The minimum atomic E-state index is -0.0734. The van der Waals surface area contributed by atoms with Crippen molar-refractivity contribution >= 4 is 5.91 Å². The van der Waals surface area contributed by atoms with E-state index < -0.39 is 0 Å². The first-order valence-electron chi connectivity index (χ1n) is 7.97. The highest BCUT2D eigenvalue weighted by atomic mass is 16.5. The molecule has 1 aliphatic heterocycles. The van der Waals surface area contributed by atoms with Crippen LogP contribution in [0, 0.1) is 0 Å². The Kier molecular flexibility index (Phi) is 6.52. The molecule has 1 N–H and O–H groups in total. The average Bonchev–Trinajstić information content (AvgIpc) is 2.82. The lowest BCUT2D eigenvalue weighted by molar-refractivity contribution is 0.0948. The minimum absolute atomic E-state index is 0.0734. The Morgan fingerprint density at radius 2 is 1.77 bits per heavy atom. The molecule has 0 spiro atoms. The lowest BCUT2D eigenvalue weighted by atomic mass is 10.2. The second-order valence-corrected chi connectivity index (χ2v) is 5.58. The number of rotatable bonds is 6. The maximum atomic E-state index is 12.2. The maximum absolute atomic E-state index is 12.2. The standard InChI is InChI=1S/C17H26N2O3/c1-21-15-8-7-14(13-16(15)22-2)17(20)18-9-12-19-10-5-3-4-6-11-19/h7-8,13H,3-6,9-12H2,1-2H3,(H,18,20). The van der Waals surface area contributed by atoms with E-state index in [2.05, 4.69) is 10.2 Å². The summed E-state index contributed by atoms with van der Waals surface area (Å²) in [5, 5.41) is 2.98. The fourth-order valence-corrected chi connectivity index (χ4v) is 2.77. The number of nitrogens with one attached hydrogen (secondary N) is 1. The molecular weight excluding hydrogens is 280 g/mol. The molecule has 5 nitrogen and oxygen atoms in total. The Morgan fingerprint density at radius 1 is 1.09 bits per heavy atom. The topological polar surface area (TPSA) is 50.8 Å². The average molecular weight is 306 g/mol. The van der Waals surface area contributed by atoms with E-state index in [1.165, 1.54) is 25.7 Å². The number of benzene rings is 1. The molecule has 1 aliphatic rings. The summed E-state index contributed by atoms with van der Waals surface area (Å²) < 4.78 is 10.4. The highest BCUT2D eigenvalue weighted by molar-refractivity contribution is 5.94. The molecule has 1 aromatic rings. The summed E-state index contributed by atoms with van der Waals surface area (Å²) in [4.78, 5) is 14.6. The highest BCUT2D eigenvalue weighted by Crippen LogP contribution is 2.27. The third kappa shape index (κ3) is 4.63. The van der Waals surface area contributed by atoms with Gasteiger partial charge in [-0.15, -0.1) is 0 Å². The molecule has 5 heteroatoms. The van der Waals surface area contributed by atoms with Crippen molar-refractivity contribution in [1.82, 2.24) is 10.2 Å². The summed E-state index contributed by atoms with van der Waals surface area (Å²) >= 11 is 0. The molecule has 0 saturated carbocycles. The Labute approximate surface area is 132 Å². The zero-order chi connectivity index (χ0) is 15.8. The summed E-state index contributed by atoms with van der Waals surface area (Å²) in [5.74, 6) is 1.13. The fraction of sp³-hybridized carbons (Fsp3) is 0.588. The minimum Gasteiger partial charge on any atom is -0.493 e. The van der Waals surface area contributed by atoms with Crippen molar-refractivity contribution in [2.75, 3.05) is 40.4 Å². The second kappa shape index (κ2) is 8.63. The van der Waals surface area contributed by atoms with Crippen molar-refractivity contribution in [2.24, 2.45) is 0 Å². The van der Waals surface area contributed by atoms with Crippen LogP contribution in [-0.2, 0) is 0 Å². The van der Waals surface area contributed by atoms with Gasteiger partial charge in [0.25, 0.3) is 5.91 Å². The maximum Gasteiger partial charge on any atom is 0.251 e. The molecular formula is C17H26N2O3. The molecule has 0 atom stereocenters. The molecule has 1 saturated heterocycles. The molecule has 2 rings (SSSR count). The van der Waals surface area contributed by atoms with E-state index in [4.69, 9.17) is 9.47 Å². The number of carbonyl (C=O) groups is 1. The first-order valence-corrected chi connectivity index (χ1v) is 7.97. The monoisotopic (exact) mass is 306 g/mol. The molecule has 0 aliphatic carbocycles. The normalized spacial score (nSPS) is 15.9. The number of nitrogens with zero attached hydrogens (tertiary/aromatic N) is 1. The van der Waals surface area contributed by atoms with Gasteiger partial charge in [0.2, 0.25) is 0 Å². The van der Waals surface area contributed by atoms with Crippen LogP contribution < -0.4 is 14.8 Å². The summed E-state index contributed by atoms with van der Waals surface area (Å²) in [7, 11) is 3.15. The highest BCUT2D eigenvalue weighted by Gasteiger charge is 2.12. The Morgan fingerprint density at radius 3 is 2.41 bits per heavy atom. The van der Waals surface area contributed by atoms with Crippen LogP contribution in [0.3, 0.4) is 0 Å². The first kappa shape index (κ1) is 16.6. The molecule has 0 radical (unpaired) electrons. The summed E-state index contributed by atoms with van der Waals surface area (Å²) in [6.07, 6.45) is 5.19. The van der Waals surface area contributed by atoms with Crippen molar-refractivity contribution in [3.8, 4) is 11.5 Å². The van der Waals surface area contributed by atoms with Gasteiger partial charge in [-0.1, -0.05) is 12.8 Å². The van der Waals surface area contributed by atoms with E-state index in [1.807, 2.05) is 0 Å². The lowest BCUT2D eigenvalue weighted by Gasteiger charge is -2.19. The van der Waals surface area contributed by atoms with E-state index in [-0.39, 0.29) is 5.91 Å². The number of amides is 1. The van der Waals surface area contributed by atoms with Crippen molar-refractivity contribution in [3.05, 3.63) is 23.8 Å². The zero-order valence-corrected chi connectivity index (χ0v) is 13.6. The quantitative estimate of drug-likeness (QED) is 0.876. The molecule has 1 heterocycles. The molecule has 1 amide bonds. The Balaban J connectivity index is 1.84. The zero-order valence-electron chi connectivity index (χ0n) is 13.6. The van der Waals surface area contributed by atoms with Gasteiger partial charge in [0.1, 0.15) is 0 Å². The number of likely N-dealkylation sites (tertiary alicyclic amines) is 1. The number of ether oxygens (including phenoxy) is 2. The van der Waals surface area contributed by atoms with Crippen molar-refractivity contribution in [3.63, 3.8) is 0 Å². The van der Waals surface area contributed by atoms with Crippen LogP contribution >= 0.6 is 0 Å². The van der Waals surface area contributed by atoms with Gasteiger partial charge in [0.15, 0.2) is 11.5 Å². The van der Waals surface area contributed by atoms with Gasteiger partial charge < -0.3 is 19.7 Å². The number of carbonyl (C=O) groups excluding carboxylic acids is 1. The number of hydrogen-bond acceptors (Lipinski definition) is 4. The fourth-order valence-electron chi connectivity index (χ4n) is 2.77. The largest absolute Gasteiger partial charge is 0.493 e. The van der Waals surface area contributed by atoms with Gasteiger partial charge in [-0.3, -0.25) is 4.79 Å². The van der Waals surface area contributed by atoms with Gasteiger partial charge in [-0.05, 0) is 44.1 Å². The summed E-state index contributed by atoms with van der Waals surface area (Å²) in [6.45, 7) is 3.88. The van der Waals surface area contributed by atoms with Gasteiger partial charge >= 0.3 is 0 Å². The third-order valence-electron chi connectivity index (χ3n) is 4.06. The molecule has 0 aromatic heterocycles. The van der Waals surface area contributed by atoms with E-state index in [0.29, 0.717) is 23.6 Å². The Bertz CT molecular complexity index is 483. The molecule has 122 valence electrons. The van der Waals surface area contributed by atoms with Crippen LogP contribution in [0.4, 0.5) is 0 Å². The van der Waals surface area contributed by atoms with Crippen LogP contribution in [0.1, 0.15) is 36.0 Å². The van der Waals surface area contributed by atoms with Crippen LogP contribution in [0.15, 0.2) is 18.2 Å². The van der Waals surface area contributed by atoms with Gasteiger partial charge in [0.05, 0.1) is 14.2 Å². The van der Waals surface area contributed by atoms with Crippen LogP contribution in [0.5, 0.6) is 11.5 Å². The number of methoxy groups -OCH3 is 2. The lowest BCUT2D eigenvalue weighted by Crippen LogP contribution is -2.35. The van der Waals surface area contributed by atoms with E-state index in [9.17, 15) is 4.79 Å². The smallest absolute Gasteiger partial charge is 0.251 e. The second-order valence-electron chi connectivity index (χ2n) is 5.58. The van der Waals surface area contributed by atoms with Crippen molar-refractivity contribution < 1.29 is 14.3 Å². The molecule has 0 bridgehead atoms. The van der Waals surface area contributed by atoms with Crippen molar-refractivity contribution in [1.29, 1.82) is 0 Å². The summed E-state index contributed by atoms with van der Waals surface area (Å²) in [6, 6.07) is 5.21. The molecule has 1 aromatic carbocycles. The summed E-state index contributed by atoms with van der Waals surface area (Å²) in [5.41, 5.74) is 0.591. The van der Waals surface area contributed by atoms with Crippen molar-refractivity contribution in [2.45, 2.75) is 25.7 Å². The third-order valence-corrected chi connectivity index (χ3v) is 4.06. The van der Waals surface area contributed by atoms with Crippen LogP contribution in [0.25, 0.3) is 0 Å². The van der Waals surface area contributed by atoms with E-state index >= 15 is 0 Å². The van der Waals surface area contributed by atoms with Crippen LogP contribution in [0.2, 0.25) is 0 Å². The van der Waals surface area contributed by atoms with E-state index in [1.54, 1.807) is 32.4 Å². The molecule has 1 fully saturated rings. The van der Waals surface area contributed by atoms with Gasteiger partial charge in [-0.25, -0.2) is 0 Å². The van der Waals surface area contributed by atoms with Crippen LogP contribution in [-0.4, -0.2) is 51.2 Å². The SMILES string of the molecule is COc1ccc(C(=O)NCCN2CCCCCC2)cc1OC. The molecule has 22 heavy (non-hydrogen) atoms.